The Morgan fingerprint density at radius 1 is 1.73 bits per heavy atom. The number of carbonyl (C=O) groups excluding carboxylic acids is 1. The summed E-state index contributed by atoms with van der Waals surface area (Å²) in [7, 11) is 0. The number of carbonyl (C=O) groups is 1. The monoisotopic (exact) mass is 289 g/mol. The zero-order valence-electron chi connectivity index (χ0n) is 8.33. The van der Waals surface area contributed by atoms with Crippen molar-refractivity contribution in [2.75, 3.05) is 13.2 Å². The summed E-state index contributed by atoms with van der Waals surface area (Å²) in [6.07, 6.45) is 0. The predicted molar refractivity (Wildman–Crippen MR) is 63.3 cm³/mol. The van der Waals surface area contributed by atoms with E-state index in [9.17, 15) is 4.79 Å². The Balaban J connectivity index is 2.32. The van der Waals surface area contributed by atoms with Crippen LogP contribution in [0.4, 0.5) is 0 Å². The lowest BCUT2D eigenvalue weighted by molar-refractivity contribution is 0.0767. The molecule has 2 atom stereocenters. The van der Waals surface area contributed by atoms with E-state index >= 15 is 0 Å². The number of hydrogen-bond donors (Lipinski definition) is 1. The van der Waals surface area contributed by atoms with Gasteiger partial charge in [0.15, 0.2) is 5.78 Å². The van der Waals surface area contributed by atoms with Crippen molar-refractivity contribution in [2.24, 2.45) is 11.1 Å². The molecular weight excluding hydrogens is 278 g/mol. The van der Waals surface area contributed by atoms with Crippen LogP contribution in [-0.2, 0) is 4.74 Å². The molecule has 1 aromatic heterocycles. The van der Waals surface area contributed by atoms with Gasteiger partial charge in [-0.3, -0.25) is 4.79 Å². The molecule has 3 nitrogen and oxygen atoms in total. The molecule has 0 amide bonds. The number of ketones is 1. The van der Waals surface area contributed by atoms with Crippen LogP contribution in [0.1, 0.15) is 17.3 Å². The average molecular weight is 290 g/mol. The lowest BCUT2D eigenvalue weighted by Crippen LogP contribution is -2.44. The highest BCUT2D eigenvalue weighted by Crippen LogP contribution is 2.34. The van der Waals surface area contributed by atoms with Gasteiger partial charge in [0, 0.05) is 26.8 Å². The fourth-order valence-electron chi connectivity index (χ4n) is 1.67. The molecule has 1 aliphatic heterocycles. The zero-order chi connectivity index (χ0) is 11.1. The summed E-state index contributed by atoms with van der Waals surface area (Å²) < 4.78 is 6.12. The highest BCUT2D eigenvalue weighted by atomic mass is 79.9. The molecule has 0 radical (unpaired) electrons. The third-order valence-corrected chi connectivity index (χ3v) is 4.60. The Bertz CT molecular complexity index is 393. The van der Waals surface area contributed by atoms with Gasteiger partial charge in [-0.2, -0.15) is 11.3 Å². The van der Waals surface area contributed by atoms with Crippen molar-refractivity contribution in [1.82, 2.24) is 0 Å². The number of thiophene rings is 1. The van der Waals surface area contributed by atoms with Crippen LogP contribution in [-0.4, -0.2) is 25.0 Å². The van der Waals surface area contributed by atoms with Crippen LogP contribution in [0.25, 0.3) is 0 Å². The van der Waals surface area contributed by atoms with E-state index in [1.54, 1.807) is 0 Å². The summed E-state index contributed by atoms with van der Waals surface area (Å²) in [5.41, 5.74) is 6.04. The van der Waals surface area contributed by atoms with Crippen molar-refractivity contribution < 1.29 is 9.53 Å². The van der Waals surface area contributed by atoms with Crippen molar-refractivity contribution in [3.8, 4) is 0 Å². The van der Waals surface area contributed by atoms with Gasteiger partial charge in [0.05, 0.1) is 18.6 Å². The van der Waals surface area contributed by atoms with Gasteiger partial charge in [-0.15, -0.1) is 0 Å². The second-order valence-corrected chi connectivity index (χ2v) is 5.60. The largest absolute Gasteiger partial charge is 0.379 e. The molecule has 2 rings (SSSR count). The number of hydrogen-bond acceptors (Lipinski definition) is 4. The lowest BCUT2D eigenvalue weighted by Gasteiger charge is -2.24. The Kier molecular flexibility index (Phi) is 2.98. The van der Waals surface area contributed by atoms with Crippen LogP contribution in [0, 0.1) is 5.41 Å². The number of Topliss-reactive ketones (excluding diaryl/α,β-unsaturated/α-hetero) is 1. The quantitative estimate of drug-likeness (QED) is 0.848. The van der Waals surface area contributed by atoms with Gasteiger partial charge in [0.2, 0.25) is 0 Å². The van der Waals surface area contributed by atoms with Crippen LogP contribution >= 0.6 is 27.3 Å². The SMILES string of the molecule is CC1(C(=O)c2cscc2Br)COCC1N. The lowest BCUT2D eigenvalue weighted by atomic mass is 9.79. The second kappa shape index (κ2) is 3.97. The van der Waals surface area contributed by atoms with Gasteiger partial charge in [0.1, 0.15) is 0 Å². The van der Waals surface area contributed by atoms with Crippen LogP contribution in [0.2, 0.25) is 0 Å². The number of ether oxygens (including phenoxy) is 1. The van der Waals surface area contributed by atoms with Crippen molar-refractivity contribution in [3.05, 3.63) is 20.8 Å². The van der Waals surface area contributed by atoms with Crippen molar-refractivity contribution in [2.45, 2.75) is 13.0 Å². The summed E-state index contributed by atoms with van der Waals surface area (Å²) in [4.78, 5) is 12.3. The minimum Gasteiger partial charge on any atom is -0.379 e. The van der Waals surface area contributed by atoms with Gasteiger partial charge >= 0.3 is 0 Å². The summed E-state index contributed by atoms with van der Waals surface area (Å²) in [5, 5.41) is 3.75. The fourth-order valence-corrected chi connectivity index (χ4v) is 3.13. The molecule has 15 heavy (non-hydrogen) atoms. The number of rotatable bonds is 2. The van der Waals surface area contributed by atoms with Crippen molar-refractivity contribution >= 4 is 33.0 Å². The molecule has 0 aromatic carbocycles. The van der Waals surface area contributed by atoms with E-state index < -0.39 is 5.41 Å². The molecule has 5 heteroatoms. The number of nitrogens with two attached hydrogens (primary N) is 1. The third-order valence-electron chi connectivity index (χ3n) is 2.90. The first-order valence-electron chi connectivity index (χ1n) is 4.65. The standard InChI is InChI=1S/C10H12BrNO2S/c1-10(5-14-2-8(10)12)9(13)6-3-15-4-7(6)11/h3-4,8H,2,5,12H2,1H3. The van der Waals surface area contributed by atoms with Crippen LogP contribution in [0.5, 0.6) is 0 Å². The molecule has 0 saturated carbocycles. The van der Waals surface area contributed by atoms with Crippen LogP contribution < -0.4 is 5.73 Å². The van der Waals surface area contributed by atoms with E-state index in [1.807, 2.05) is 17.7 Å². The second-order valence-electron chi connectivity index (χ2n) is 4.00. The molecule has 2 heterocycles. The van der Waals surface area contributed by atoms with Crippen LogP contribution in [0.15, 0.2) is 15.2 Å². The number of halogens is 1. The van der Waals surface area contributed by atoms with E-state index in [-0.39, 0.29) is 11.8 Å². The van der Waals surface area contributed by atoms with Gasteiger partial charge in [-0.25, -0.2) is 0 Å². The van der Waals surface area contributed by atoms with Crippen molar-refractivity contribution in [3.63, 3.8) is 0 Å². The van der Waals surface area contributed by atoms with E-state index in [0.717, 1.165) is 4.47 Å². The molecule has 1 saturated heterocycles. The predicted octanol–water partition coefficient (Wildman–Crippen LogP) is 2.06. The highest BCUT2D eigenvalue weighted by Gasteiger charge is 2.45. The first-order chi connectivity index (χ1) is 7.05. The summed E-state index contributed by atoms with van der Waals surface area (Å²) in [6.45, 7) is 2.75. The first-order valence-corrected chi connectivity index (χ1v) is 6.39. The Morgan fingerprint density at radius 2 is 2.47 bits per heavy atom. The average Bonchev–Trinajstić information content (AvgIpc) is 2.75. The highest BCUT2D eigenvalue weighted by molar-refractivity contribution is 9.10. The smallest absolute Gasteiger partial charge is 0.174 e. The normalized spacial score (nSPS) is 30.7. The molecule has 0 bridgehead atoms. The third kappa shape index (κ3) is 1.78. The minimum absolute atomic E-state index is 0.0700. The summed E-state index contributed by atoms with van der Waals surface area (Å²) in [5.74, 6) is 0.0700. The van der Waals surface area contributed by atoms with Gasteiger partial charge < -0.3 is 10.5 Å². The maximum atomic E-state index is 12.3. The molecule has 1 aliphatic rings. The Hall–Kier alpha value is -0.230. The summed E-state index contributed by atoms with van der Waals surface area (Å²) >= 11 is 4.87. The molecule has 2 N–H and O–H groups in total. The first kappa shape index (κ1) is 11.3. The van der Waals surface area contributed by atoms with Crippen LogP contribution in [0.3, 0.4) is 0 Å². The Labute approximate surface area is 101 Å². The van der Waals surface area contributed by atoms with E-state index in [1.165, 1.54) is 11.3 Å². The van der Waals surface area contributed by atoms with E-state index in [0.29, 0.717) is 18.8 Å². The maximum absolute atomic E-state index is 12.3. The molecular formula is C10H12BrNO2S. The molecule has 2 unspecified atom stereocenters. The topological polar surface area (TPSA) is 52.3 Å². The minimum atomic E-state index is -0.580. The fraction of sp³-hybridized carbons (Fsp3) is 0.500. The molecule has 0 aliphatic carbocycles. The van der Waals surface area contributed by atoms with Gasteiger partial charge in [0.25, 0.3) is 0 Å². The molecule has 0 spiro atoms. The maximum Gasteiger partial charge on any atom is 0.174 e. The van der Waals surface area contributed by atoms with E-state index in [2.05, 4.69) is 15.9 Å². The molecule has 82 valence electrons. The van der Waals surface area contributed by atoms with Gasteiger partial charge in [-0.05, 0) is 22.9 Å². The molecule has 1 aromatic rings. The molecule has 1 fully saturated rings. The van der Waals surface area contributed by atoms with E-state index in [4.69, 9.17) is 10.5 Å². The Morgan fingerprint density at radius 3 is 2.93 bits per heavy atom. The zero-order valence-corrected chi connectivity index (χ0v) is 10.7. The van der Waals surface area contributed by atoms with Crippen molar-refractivity contribution in [1.29, 1.82) is 0 Å². The van der Waals surface area contributed by atoms with Gasteiger partial charge in [-0.1, -0.05) is 0 Å². The summed E-state index contributed by atoms with van der Waals surface area (Å²) in [6, 6.07) is -0.211.